The number of aryl methyl sites for hydroxylation is 1. The fraction of sp³-hybridized carbons (Fsp3) is 0.500. The molecule has 1 atom stereocenters. The van der Waals surface area contributed by atoms with Crippen LogP contribution in [0.1, 0.15) is 12.8 Å². The summed E-state index contributed by atoms with van der Waals surface area (Å²) in [4.78, 5) is 36.6. The van der Waals surface area contributed by atoms with Gasteiger partial charge >= 0.3 is 5.97 Å². The van der Waals surface area contributed by atoms with Gasteiger partial charge in [0.15, 0.2) is 0 Å². The molecule has 6 nitrogen and oxygen atoms in total. The van der Waals surface area contributed by atoms with Crippen molar-refractivity contribution < 1.29 is 14.3 Å². The van der Waals surface area contributed by atoms with Crippen LogP contribution in [-0.2, 0) is 20.9 Å². The molecule has 1 fully saturated rings. The Bertz CT molecular complexity index is 552. The number of methoxy groups -OCH3 is 1. The maximum absolute atomic E-state index is 12.0. The number of hydrogen-bond donors (Lipinski definition) is 0. The lowest BCUT2D eigenvalue weighted by atomic mass is 10.1. The minimum atomic E-state index is -0.264. The Morgan fingerprint density at radius 1 is 1.40 bits per heavy atom. The van der Waals surface area contributed by atoms with Crippen molar-refractivity contribution in [2.75, 3.05) is 20.2 Å². The number of aromatic nitrogens is 1. The Morgan fingerprint density at radius 2 is 2.20 bits per heavy atom. The van der Waals surface area contributed by atoms with E-state index in [2.05, 4.69) is 4.74 Å². The predicted molar refractivity (Wildman–Crippen MR) is 72.0 cm³/mol. The van der Waals surface area contributed by atoms with Gasteiger partial charge in [-0.25, -0.2) is 0 Å². The molecule has 1 aromatic rings. The lowest BCUT2D eigenvalue weighted by Gasteiger charge is -2.16. The summed E-state index contributed by atoms with van der Waals surface area (Å²) in [6, 6.07) is 4.89. The molecule has 2 rings (SSSR count). The summed E-state index contributed by atoms with van der Waals surface area (Å²) < 4.78 is 6.19. The van der Waals surface area contributed by atoms with Gasteiger partial charge < -0.3 is 14.2 Å². The normalized spacial score (nSPS) is 18.1. The molecule has 0 spiro atoms. The molecule has 0 N–H and O–H groups in total. The van der Waals surface area contributed by atoms with Crippen LogP contribution < -0.4 is 5.56 Å². The first-order valence-electron chi connectivity index (χ1n) is 6.63. The van der Waals surface area contributed by atoms with Crippen LogP contribution >= 0.6 is 0 Å². The molecule has 1 saturated heterocycles. The van der Waals surface area contributed by atoms with Crippen molar-refractivity contribution in [3.05, 3.63) is 34.7 Å². The van der Waals surface area contributed by atoms with Gasteiger partial charge in [0, 0.05) is 38.3 Å². The van der Waals surface area contributed by atoms with E-state index in [1.165, 1.54) is 17.7 Å². The van der Waals surface area contributed by atoms with E-state index in [0.29, 0.717) is 26.1 Å². The van der Waals surface area contributed by atoms with E-state index in [1.807, 2.05) is 0 Å². The second-order valence-electron chi connectivity index (χ2n) is 4.83. The zero-order valence-electron chi connectivity index (χ0n) is 11.4. The average molecular weight is 278 g/mol. The molecule has 6 heteroatoms. The van der Waals surface area contributed by atoms with Crippen LogP contribution in [0.4, 0.5) is 0 Å². The third-order valence-electron chi connectivity index (χ3n) is 3.54. The number of likely N-dealkylation sites (tertiary alicyclic amines) is 1. The number of esters is 1. The van der Waals surface area contributed by atoms with Gasteiger partial charge in [-0.3, -0.25) is 14.4 Å². The van der Waals surface area contributed by atoms with Gasteiger partial charge in [-0.15, -0.1) is 0 Å². The molecule has 1 aliphatic rings. The largest absolute Gasteiger partial charge is 0.469 e. The highest BCUT2D eigenvalue weighted by molar-refractivity contribution is 5.79. The molecule has 0 aromatic carbocycles. The van der Waals surface area contributed by atoms with Gasteiger partial charge in [0.1, 0.15) is 0 Å². The maximum atomic E-state index is 12.0. The number of ether oxygens (including phenoxy) is 1. The average Bonchev–Trinajstić information content (AvgIpc) is 2.95. The fourth-order valence-corrected chi connectivity index (χ4v) is 2.37. The fourth-order valence-electron chi connectivity index (χ4n) is 2.37. The summed E-state index contributed by atoms with van der Waals surface area (Å²) in [5.41, 5.74) is -0.117. The van der Waals surface area contributed by atoms with Crippen molar-refractivity contribution in [2.24, 2.45) is 5.92 Å². The first kappa shape index (κ1) is 14.3. The van der Waals surface area contributed by atoms with Crippen LogP contribution in [0.2, 0.25) is 0 Å². The maximum Gasteiger partial charge on any atom is 0.310 e. The Hall–Kier alpha value is -2.11. The third kappa shape index (κ3) is 3.26. The van der Waals surface area contributed by atoms with Crippen molar-refractivity contribution in [1.82, 2.24) is 9.47 Å². The molecule has 2 heterocycles. The lowest BCUT2D eigenvalue weighted by Crippen LogP contribution is -2.31. The Kier molecular flexibility index (Phi) is 4.55. The molecule has 1 amide bonds. The molecule has 1 aliphatic heterocycles. The van der Waals surface area contributed by atoms with Gasteiger partial charge in [0.2, 0.25) is 5.91 Å². The number of carbonyl (C=O) groups is 2. The van der Waals surface area contributed by atoms with Gasteiger partial charge in [0.25, 0.3) is 5.56 Å². The van der Waals surface area contributed by atoms with Gasteiger partial charge in [-0.05, 0) is 12.5 Å². The van der Waals surface area contributed by atoms with Gasteiger partial charge in [-0.2, -0.15) is 0 Å². The Labute approximate surface area is 116 Å². The second kappa shape index (κ2) is 6.36. The van der Waals surface area contributed by atoms with Gasteiger partial charge in [0.05, 0.1) is 13.0 Å². The number of carbonyl (C=O) groups excluding carboxylic acids is 2. The summed E-state index contributed by atoms with van der Waals surface area (Å²) in [5, 5.41) is 0. The highest BCUT2D eigenvalue weighted by atomic mass is 16.5. The Morgan fingerprint density at radius 3 is 2.90 bits per heavy atom. The SMILES string of the molecule is COC(=O)C1CCN(C(=O)CCn2ccccc2=O)C1. The van der Waals surface area contributed by atoms with Crippen LogP contribution in [0.15, 0.2) is 29.2 Å². The smallest absolute Gasteiger partial charge is 0.310 e. The molecule has 0 radical (unpaired) electrons. The second-order valence-corrected chi connectivity index (χ2v) is 4.83. The Balaban J connectivity index is 1.86. The summed E-state index contributed by atoms with van der Waals surface area (Å²) in [7, 11) is 1.36. The third-order valence-corrected chi connectivity index (χ3v) is 3.54. The zero-order valence-corrected chi connectivity index (χ0v) is 11.4. The molecule has 20 heavy (non-hydrogen) atoms. The van der Waals surface area contributed by atoms with E-state index in [1.54, 1.807) is 23.2 Å². The van der Waals surface area contributed by atoms with Crippen LogP contribution in [0.25, 0.3) is 0 Å². The zero-order chi connectivity index (χ0) is 14.5. The minimum absolute atomic E-state index is 0.0350. The topological polar surface area (TPSA) is 68.6 Å². The molecule has 0 bridgehead atoms. The van der Waals surface area contributed by atoms with E-state index in [0.717, 1.165) is 0 Å². The number of amides is 1. The van der Waals surface area contributed by atoms with Crippen LogP contribution in [0.3, 0.4) is 0 Å². The first-order chi connectivity index (χ1) is 9.61. The number of pyridine rings is 1. The van der Waals surface area contributed by atoms with Crippen molar-refractivity contribution >= 4 is 11.9 Å². The molecule has 1 aromatic heterocycles. The highest BCUT2D eigenvalue weighted by Gasteiger charge is 2.31. The number of hydrogen-bond acceptors (Lipinski definition) is 4. The highest BCUT2D eigenvalue weighted by Crippen LogP contribution is 2.18. The summed E-state index contributed by atoms with van der Waals surface area (Å²) in [6.07, 6.45) is 2.57. The van der Waals surface area contributed by atoms with Crippen molar-refractivity contribution in [2.45, 2.75) is 19.4 Å². The molecular formula is C14H18N2O4. The van der Waals surface area contributed by atoms with E-state index in [4.69, 9.17) is 0 Å². The lowest BCUT2D eigenvalue weighted by molar-refractivity contribution is -0.145. The quantitative estimate of drug-likeness (QED) is 0.741. The van der Waals surface area contributed by atoms with E-state index >= 15 is 0 Å². The molecule has 0 aliphatic carbocycles. The predicted octanol–water partition coefficient (Wildman–Crippen LogP) is 0.260. The monoisotopic (exact) mass is 278 g/mol. The summed E-state index contributed by atoms with van der Waals surface area (Å²) in [6.45, 7) is 1.34. The minimum Gasteiger partial charge on any atom is -0.469 e. The summed E-state index contributed by atoms with van der Waals surface area (Å²) in [5.74, 6) is -0.518. The molecule has 0 saturated carbocycles. The van der Waals surface area contributed by atoms with Crippen molar-refractivity contribution in [3.8, 4) is 0 Å². The van der Waals surface area contributed by atoms with Gasteiger partial charge in [-0.1, -0.05) is 6.07 Å². The van der Waals surface area contributed by atoms with E-state index < -0.39 is 0 Å². The number of nitrogens with zero attached hydrogens (tertiary/aromatic N) is 2. The number of rotatable bonds is 4. The van der Waals surface area contributed by atoms with E-state index in [-0.39, 0.29) is 29.8 Å². The standard InChI is InChI=1S/C14H18N2O4/c1-20-14(19)11-5-8-16(10-11)13(18)6-9-15-7-3-2-4-12(15)17/h2-4,7,11H,5-6,8-10H2,1H3. The van der Waals surface area contributed by atoms with Crippen molar-refractivity contribution in [3.63, 3.8) is 0 Å². The van der Waals surface area contributed by atoms with Crippen LogP contribution in [-0.4, -0.2) is 41.5 Å². The van der Waals surface area contributed by atoms with E-state index in [9.17, 15) is 14.4 Å². The summed E-state index contributed by atoms with van der Waals surface area (Å²) >= 11 is 0. The first-order valence-corrected chi connectivity index (χ1v) is 6.63. The van der Waals surface area contributed by atoms with Crippen LogP contribution in [0, 0.1) is 5.92 Å². The molecular weight excluding hydrogens is 260 g/mol. The molecule has 1 unspecified atom stereocenters. The van der Waals surface area contributed by atoms with Crippen LogP contribution in [0.5, 0.6) is 0 Å². The van der Waals surface area contributed by atoms with Crippen molar-refractivity contribution in [1.29, 1.82) is 0 Å². The molecule has 108 valence electrons.